The predicted molar refractivity (Wildman–Crippen MR) is 79.9 cm³/mol. The summed E-state index contributed by atoms with van der Waals surface area (Å²) in [7, 11) is 0. The molecule has 1 amide bonds. The second kappa shape index (κ2) is 6.16. The molecule has 0 bridgehead atoms. The predicted octanol–water partition coefficient (Wildman–Crippen LogP) is 1.84. The molecule has 1 unspecified atom stereocenters. The maximum atomic E-state index is 12.6. The highest BCUT2D eigenvalue weighted by atomic mass is 16.5. The molecule has 3 rings (SSSR count). The summed E-state index contributed by atoms with van der Waals surface area (Å²) in [6.45, 7) is 1.46. The SMILES string of the molecule is O=C(NCC1(O)CCOCC1)C(c1ccccc1)C1CC1. The van der Waals surface area contributed by atoms with Crippen molar-refractivity contribution in [3.05, 3.63) is 35.9 Å². The van der Waals surface area contributed by atoms with E-state index < -0.39 is 5.60 Å². The molecule has 1 aliphatic carbocycles. The van der Waals surface area contributed by atoms with E-state index in [1.807, 2.05) is 30.3 Å². The zero-order valence-electron chi connectivity index (χ0n) is 12.3. The zero-order chi connectivity index (χ0) is 14.7. The Labute approximate surface area is 125 Å². The van der Waals surface area contributed by atoms with Gasteiger partial charge in [-0.15, -0.1) is 0 Å². The van der Waals surface area contributed by atoms with Crippen molar-refractivity contribution < 1.29 is 14.6 Å². The molecule has 0 aromatic heterocycles. The van der Waals surface area contributed by atoms with Crippen LogP contribution in [-0.4, -0.2) is 36.4 Å². The third-order valence-corrected chi connectivity index (χ3v) is 4.55. The summed E-state index contributed by atoms with van der Waals surface area (Å²) >= 11 is 0. The molecular formula is C17H23NO3. The number of hydrogen-bond acceptors (Lipinski definition) is 3. The summed E-state index contributed by atoms with van der Waals surface area (Å²) in [5.41, 5.74) is 0.273. The first-order valence-electron chi connectivity index (χ1n) is 7.81. The smallest absolute Gasteiger partial charge is 0.227 e. The maximum absolute atomic E-state index is 12.6. The molecule has 1 atom stereocenters. The Morgan fingerprint density at radius 2 is 1.95 bits per heavy atom. The van der Waals surface area contributed by atoms with Crippen molar-refractivity contribution in [2.24, 2.45) is 5.92 Å². The number of hydrogen-bond donors (Lipinski definition) is 2. The lowest BCUT2D eigenvalue weighted by Crippen LogP contribution is -2.47. The quantitative estimate of drug-likeness (QED) is 0.869. The van der Waals surface area contributed by atoms with Gasteiger partial charge in [0.05, 0.1) is 11.5 Å². The van der Waals surface area contributed by atoms with E-state index in [1.165, 1.54) is 0 Å². The Morgan fingerprint density at radius 3 is 2.57 bits per heavy atom. The molecule has 1 heterocycles. The minimum Gasteiger partial charge on any atom is -0.388 e. The summed E-state index contributed by atoms with van der Waals surface area (Å²) < 4.78 is 5.26. The number of nitrogens with one attached hydrogen (secondary N) is 1. The topological polar surface area (TPSA) is 58.6 Å². The standard InChI is InChI=1S/C17H23NO3/c19-16(18-12-17(20)8-10-21-11-9-17)15(14-6-7-14)13-4-2-1-3-5-13/h1-5,14-15,20H,6-12H2,(H,18,19). The molecule has 1 aromatic rings. The van der Waals surface area contributed by atoms with Crippen LogP contribution in [0.4, 0.5) is 0 Å². The molecular weight excluding hydrogens is 266 g/mol. The third-order valence-electron chi connectivity index (χ3n) is 4.55. The van der Waals surface area contributed by atoms with Gasteiger partial charge in [0.2, 0.25) is 5.91 Å². The van der Waals surface area contributed by atoms with Gasteiger partial charge in [0.25, 0.3) is 0 Å². The summed E-state index contributed by atoms with van der Waals surface area (Å²) in [4.78, 5) is 12.6. The summed E-state index contributed by atoms with van der Waals surface area (Å²) in [6.07, 6.45) is 3.41. The highest BCUT2D eigenvalue weighted by molar-refractivity contribution is 5.84. The van der Waals surface area contributed by atoms with Gasteiger partial charge in [-0.3, -0.25) is 4.79 Å². The first-order chi connectivity index (χ1) is 10.2. The zero-order valence-corrected chi connectivity index (χ0v) is 12.3. The highest BCUT2D eigenvalue weighted by Gasteiger charge is 2.38. The molecule has 1 saturated heterocycles. The highest BCUT2D eigenvalue weighted by Crippen LogP contribution is 2.42. The van der Waals surface area contributed by atoms with E-state index in [2.05, 4.69) is 5.32 Å². The first-order valence-corrected chi connectivity index (χ1v) is 7.81. The molecule has 1 saturated carbocycles. The number of amides is 1. The molecule has 2 fully saturated rings. The molecule has 114 valence electrons. The van der Waals surface area contributed by atoms with Crippen molar-refractivity contribution in [3.8, 4) is 0 Å². The number of carbonyl (C=O) groups excluding carboxylic acids is 1. The monoisotopic (exact) mass is 289 g/mol. The van der Waals surface area contributed by atoms with Crippen LogP contribution in [0.5, 0.6) is 0 Å². The van der Waals surface area contributed by atoms with Gasteiger partial charge in [-0.2, -0.15) is 0 Å². The molecule has 2 aliphatic rings. The van der Waals surface area contributed by atoms with Gasteiger partial charge >= 0.3 is 0 Å². The van der Waals surface area contributed by atoms with Gasteiger partial charge < -0.3 is 15.2 Å². The van der Waals surface area contributed by atoms with Gasteiger partial charge in [-0.25, -0.2) is 0 Å². The van der Waals surface area contributed by atoms with E-state index in [-0.39, 0.29) is 11.8 Å². The minimum absolute atomic E-state index is 0.0450. The average molecular weight is 289 g/mol. The van der Waals surface area contributed by atoms with E-state index in [0.29, 0.717) is 38.5 Å². The van der Waals surface area contributed by atoms with Crippen LogP contribution in [-0.2, 0) is 9.53 Å². The van der Waals surface area contributed by atoms with Crippen LogP contribution < -0.4 is 5.32 Å². The molecule has 2 N–H and O–H groups in total. The van der Waals surface area contributed by atoms with Crippen LogP contribution in [0.25, 0.3) is 0 Å². The molecule has 4 heteroatoms. The van der Waals surface area contributed by atoms with Crippen LogP contribution in [0.15, 0.2) is 30.3 Å². The second-order valence-electron chi connectivity index (χ2n) is 6.28. The van der Waals surface area contributed by atoms with Crippen LogP contribution in [0.1, 0.15) is 37.2 Å². The molecule has 0 radical (unpaired) electrons. The number of rotatable bonds is 5. The molecule has 0 spiro atoms. The van der Waals surface area contributed by atoms with E-state index in [4.69, 9.17) is 4.74 Å². The van der Waals surface area contributed by atoms with E-state index in [0.717, 1.165) is 18.4 Å². The van der Waals surface area contributed by atoms with Crippen LogP contribution in [0, 0.1) is 5.92 Å². The molecule has 1 aromatic carbocycles. The average Bonchev–Trinajstić information content (AvgIpc) is 3.32. The van der Waals surface area contributed by atoms with Crippen molar-refractivity contribution in [2.75, 3.05) is 19.8 Å². The van der Waals surface area contributed by atoms with Crippen molar-refractivity contribution in [1.82, 2.24) is 5.32 Å². The largest absolute Gasteiger partial charge is 0.388 e. The number of carbonyl (C=O) groups is 1. The van der Waals surface area contributed by atoms with Crippen LogP contribution in [0.2, 0.25) is 0 Å². The summed E-state index contributed by atoms with van der Waals surface area (Å²) in [6, 6.07) is 9.96. The van der Waals surface area contributed by atoms with Crippen molar-refractivity contribution >= 4 is 5.91 Å². The van der Waals surface area contributed by atoms with Gasteiger partial charge in [-0.05, 0) is 24.3 Å². The fourth-order valence-corrected chi connectivity index (χ4v) is 3.02. The van der Waals surface area contributed by atoms with Gasteiger partial charge in [0.15, 0.2) is 0 Å². The number of benzene rings is 1. The lowest BCUT2D eigenvalue weighted by molar-refractivity contribution is -0.125. The Bertz CT molecular complexity index is 478. The lowest BCUT2D eigenvalue weighted by Gasteiger charge is -2.32. The Kier molecular flexibility index (Phi) is 4.27. The Balaban J connectivity index is 1.62. The van der Waals surface area contributed by atoms with Crippen LogP contribution in [0.3, 0.4) is 0 Å². The van der Waals surface area contributed by atoms with E-state index >= 15 is 0 Å². The molecule has 4 nitrogen and oxygen atoms in total. The minimum atomic E-state index is -0.807. The molecule has 1 aliphatic heterocycles. The van der Waals surface area contributed by atoms with E-state index in [1.54, 1.807) is 0 Å². The summed E-state index contributed by atoms with van der Waals surface area (Å²) in [5, 5.41) is 13.4. The first kappa shape index (κ1) is 14.5. The Morgan fingerprint density at radius 1 is 1.29 bits per heavy atom. The van der Waals surface area contributed by atoms with Crippen molar-refractivity contribution in [2.45, 2.75) is 37.2 Å². The van der Waals surface area contributed by atoms with E-state index in [9.17, 15) is 9.90 Å². The second-order valence-corrected chi connectivity index (χ2v) is 6.28. The maximum Gasteiger partial charge on any atom is 0.227 e. The number of ether oxygens (including phenoxy) is 1. The van der Waals surface area contributed by atoms with Gasteiger partial charge in [0, 0.05) is 32.6 Å². The van der Waals surface area contributed by atoms with Crippen molar-refractivity contribution in [3.63, 3.8) is 0 Å². The third kappa shape index (κ3) is 3.63. The molecule has 21 heavy (non-hydrogen) atoms. The number of aliphatic hydroxyl groups is 1. The lowest BCUT2D eigenvalue weighted by atomic mass is 9.91. The van der Waals surface area contributed by atoms with Crippen LogP contribution >= 0.6 is 0 Å². The fourth-order valence-electron chi connectivity index (χ4n) is 3.02. The Hall–Kier alpha value is -1.39. The summed E-state index contributed by atoms with van der Waals surface area (Å²) in [5.74, 6) is 0.426. The van der Waals surface area contributed by atoms with Gasteiger partial charge in [0.1, 0.15) is 0 Å². The fraction of sp³-hybridized carbons (Fsp3) is 0.588. The normalized spacial score (nSPS) is 22.5. The van der Waals surface area contributed by atoms with Gasteiger partial charge in [-0.1, -0.05) is 30.3 Å². The van der Waals surface area contributed by atoms with Crippen molar-refractivity contribution in [1.29, 1.82) is 0 Å².